The van der Waals surface area contributed by atoms with Crippen LogP contribution in [0.1, 0.15) is 23.4 Å². The van der Waals surface area contributed by atoms with Crippen LogP contribution in [0.15, 0.2) is 36.7 Å². The molecule has 0 radical (unpaired) electrons. The van der Waals surface area contributed by atoms with Crippen LogP contribution >= 0.6 is 0 Å². The minimum Gasteiger partial charge on any atom is -0.345 e. The summed E-state index contributed by atoms with van der Waals surface area (Å²) in [6, 6.07) is 8.11. The number of carbonyl (C=O) groups excluding carboxylic acids is 1. The van der Waals surface area contributed by atoms with E-state index in [1.807, 2.05) is 42.5 Å². The fourth-order valence-electron chi connectivity index (χ4n) is 3.18. The van der Waals surface area contributed by atoms with Gasteiger partial charge in [-0.1, -0.05) is 24.3 Å². The highest BCUT2D eigenvalue weighted by molar-refractivity contribution is 5.78. The summed E-state index contributed by atoms with van der Waals surface area (Å²) in [5.41, 5.74) is 2.31. The molecular weight excluding hydrogens is 274 g/mol. The van der Waals surface area contributed by atoms with Crippen LogP contribution in [0.2, 0.25) is 0 Å². The maximum atomic E-state index is 12.4. The van der Waals surface area contributed by atoms with Crippen molar-refractivity contribution in [3.63, 3.8) is 0 Å². The molecular formula is C18H23N3O. The average Bonchev–Trinajstić information content (AvgIpc) is 2.97. The van der Waals surface area contributed by atoms with E-state index in [-0.39, 0.29) is 5.91 Å². The van der Waals surface area contributed by atoms with Crippen molar-refractivity contribution >= 4 is 5.91 Å². The molecule has 116 valence electrons. The third kappa shape index (κ3) is 3.21. The second kappa shape index (κ2) is 6.34. The number of imidazole rings is 1. The lowest BCUT2D eigenvalue weighted by Crippen LogP contribution is -2.36. The van der Waals surface area contributed by atoms with E-state index in [0.717, 1.165) is 31.5 Å². The van der Waals surface area contributed by atoms with Gasteiger partial charge in [0, 0.05) is 39.0 Å². The van der Waals surface area contributed by atoms with Gasteiger partial charge >= 0.3 is 0 Å². The fourth-order valence-corrected chi connectivity index (χ4v) is 3.18. The van der Waals surface area contributed by atoms with Gasteiger partial charge in [-0.25, -0.2) is 4.98 Å². The first-order valence-electron chi connectivity index (χ1n) is 7.92. The molecule has 0 unspecified atom stereocenters. The molecule has 4 nitrogen and oxygen atoms in total. The first-order chi connectivity index (χ1) is 10.6. The van der Waals surface area contributed by atoms with Crippen LogP contribution in [-0.4, -0.2) is 34.0 Å². The summed E-state index contributed by atoms with van der Waals surface area (Å²) in [7, 11) is 1.92. The summed E-state index contributed by atoms with van der Waals surface area (Å²) >= 11 is 0. The van der Waals surface area contributed by atoms with Crippen molar-refractivity contribution in [3.8, 4) is 0 Å². The van der Waals surface area contributed by atoms with Crippen molar-refractivity contribution in [2.75, 3.05) is 13.6 Å². The monoisotopic (exact) mass is 297 g/mol. The fraction of sp³-hybridized carbons (Fsp3) is 0.444. The van der Waals surface area contributed by atoms with Gasteiger partial charge in [0.1, 0.15) is 5.82 Å². The third-order valence-corrected chi connectivity index (χ3v) is 4.59. The second-order valence-corrected chi connectivity index (χ2v) is 6.28. The summed E-state index contributed by atoms with van der Waals surface area (Å²) < 4.78 is 2.22. The molecule has 22 heavy (non-hydrogen) atoms. The maximum absolute atomic E-state index is 12.4. The number of aromatic nitrogens is 2. The van der Waals surface area contributed by atoms with Gasteiger partial charge < -0.3 is 9.47 Å². The van der Waals surface area contributed by atoms with E-state index in [0.29, 0.717) is 12.3 Å². The number of hydrogen-bond donors (Lipinski definition) is 0. The first-order valence-corrected chi connectivity index (χ1v) is 7.92. The van der Waals surface area contributed by atoms with Crippen LogP contribution in [0.4, 0.5) is 0 Å². The Morgan fingerprint density at radius 2 is 2.23 bits per heavy atom. The SMILES string of the molecule is Cc1ccccc1CC(=O)N(C)C[C@H]1CCc2nccn2C1. The van der Waals surface area contributed by atoms with Crippen molar-refractivity contribution in [1.29, 1.82) is 0 Å². The van der Waals surface area contributed by atoms with E-state index in [9.17, 15) is 4.79 Å². The van der Waals surface area contributed by atoms with Crippen molar-refractivity contribution < 1.29 is 4.79 Å². The smallest absolute Gasteiger partial charge is 0.226 e. The number of fused-ring (bicyclic) bond motifs is 1. The van der Waals surface area contributed by atoms with Crippen LogP contribution in [0.5, 0.6) is 0 Å². The van der Waals surface area contributed by atoms with E-state index in [2.05, 4.69) is 22.5 Å². The van der Waals surface area contributed by atoms with Crippen molar-refractivity contribution in [2.24, 2.45) is 5.92 Å². The quantitative estimate of drug-likeness (QED) is 0.869. The third-order valence-electron chi connectivity index (χ3n) is 4.59. The molecule has 0 aliphatic carbocycles. The Morgan fingerprint density at radius 1 is 1.41 bits per heavy atom. The molecule has 1 amide bonds. The topological polar surface area (TPSA) is 38.1 Å². The number of carbonyl (C=O) groups is 1. The Labute approximate surface area is 131 Å². The lowest BCUT2D eigenvalue weighted by atomic mass is 9.98. The molecule has 0 N–H and O–H groups in total. The summed E-state index contributed by atoms with van der Waals surface area (Å²) in [6.07, 6.45) is 6.52. The van der Waals surface area contributed by atoms with Crippen molar-refractivity contribution in [1.82, 2.24) is 14.5 Å². The number of amides is 1. The van der Waals surface area contributed by atoms with Crippen LogP contribution in [0.3, 0.4) is 0 Å². The lowest BCUT2D eigenvalue weighted by molar-refractivity contribution is -0.129. The van der Waals surface area contributed by atoms with E-state index in [1.165, 1.54) is 11.4 Å². The van der Waals surface area contributed by atoms with Crippen LogP contribution < -0.4 is 0 Å². The van der Waals surface area contributed by atoms with Crippen LogP contribution in [0.25, 0.3) is 0 Å². The van der Waals surface area contributed by atoms with Gasteiger partial charge in [0.25, 0.3) is 0 Å². The zero-order valence-corrected chi connectivity index (χ0v) is 13.3. The Hall–Kier alpha value is -2.10. The molecule has 1 aliphatic rings. The molecule has 3 rings (SSSR count). The minimum absolute atomic E-state index is 0.200. The molecule has 1 atom stereocenters. The molecule has 0 fully saturated rings. The Bertz CT molecular complexity index is 662. The number of nitrogens with zero attached hydrogens (tertiary/aromatic N) is 3. The normalized spacial score (nSPS) is 17.1. The van der Waals surface area contributed by atoms with Crippen molar-refractivity contribution in [2.45, 2.75) is 32.7 Å². The van der Waals surface area contributed by atoms with E-state index in [1.54, 1.807) is 0 Å². The van der Waals surface area contributed by atoms with Gasteiger partial charge in [-0.2, -0.15) is 0 Å². The number of benzene rings is 1. The van der Waals surface area contributed by atoms with Gasteiger partial charge in [0.05, 0.1) is 6.42 Å². The average molecular weight is 297 g/mol. The molecule has 1 aromatic carbocycles. The highest BCUT2D eigenvalue weighted by Gasteiger charge is 2.22. The van der Waals surface area contributed by atoms with E-state index >= 15 is 0 Å². The van der Waals surface area contributed by atoms with Gasteiger partial charge in [-0.15, -0.1) is 0 Å². The maximum Gasteiger partial charge on any atom is 0.226 e. The van der Waals surface area contributed by atoms with Crippen molar-refractivity contribution in [3.05, 3.63) is 53.6 Å². The largest absolute Gasteiger partial charge is 0.345 e. The molecule has 0 saturated heterocycles. The van der Waals surface area contributed by atoms with E-state index in [4.69, 9.17) is 0 Å². The molecule has 0 spiro atoms. The lowest BCUT2D eigenvalue weighted by Gasteiger charge is -2.28. The zero-order valence-electron chi connectivity index (χ0n) is 13.3. The molecule has 1 aromatic heterocycles. The predicted molar refractivity (Wildman–Crippen MR) is 86.6 cm³/mol. The Kier molecular flexibility index (Phi) is 4.27. The van der Waals surface area contributed by atoms with Gasteiger partial charge in [-0.3, -0.25) is 4.79 Å². The van der Waals surface area contributed by atoms with Crippen LogP contribution in [0, 0.1) is 12.8 Å². The van der Waals surface area contributed by atoms with Crippen LogP contribution in [-0.2, 0) is 24.2 Å². The van der Waals surface area contributed by atoms with E-state index < -0.39 is 0 Å². The number of likely N-dealkylation sites (N-methyl/N-ethyl adjacent to an activating group) is 1. The van der Waals surface area contributed by atoms with Gasteiger partial charge in [-0.05, 0) is 30.4 Å². The number of rotatable bonds is 4. The standard InChI is InChI=1S/C18H23N3O/c1-14-5-3-4-6-16(14)11-18(22)20(2)12-15-7-8-17-19-9-10-21(17)13-15/h3-6,9-10,15H,7-8,11-13H2,1-2H3/t15-/m1/s1. The summed E-state index contributed by atoms with van der Waals surface area (Å²) in [4.78, 5) is 18.7. The summed E-state index contributed by atoms with van der Waals surface area (Å²) in [6.45, 7) is 3.85. The Morgan fingerprint density at radius 3 is 3.05 bits per heavy atom. The van der Waals surface area contributed by atoms with Gasteiger partial charge in [0.2, 0.25) is 5.91 Å². The second-order valence-electron chi connectivity index (χ2n) is 6.28. The molecule has 1 aliphatic heterocycles. The summed E-state index contributed by atoms with van der Waals surface area (Å²) in [5, 5.41) is 0. The molecule has 0 saturated carbocycles. The molecule has 0 bridgehead atoms. The number of aryl methyl sites for hydroxylation is 2. The zero-order chi connectivity index (χ0) is 15.5. The molecule has 2 heterocycles. The Balaban J connectivity index is 1.57. The highest BCUT2D eigenvalue weighted by atomic mass is 16.2. The predicted octanol–water partition coefficient (Wildman–Crippen LogP) is 2.46. The minimum atomic E-state index is 0.200. The van der Waals surface area contributed by atoms with Gasteiger partial charge in [0.15, 0.2) is 0 Å². The highest BCUT2D eigenvalue weighted by Crippen LogP contribution is 2.20. The summed E-state index contributed by atoms with van der Waals surface area (Å²) in [5.74, 6) is 1.89. The molecule has 2 aromatic rings. The molecule has 4 heteroatoms. The number of hydrogen-bond acceptors (Lipinski definition) is 2. The first kappa shape index (κ1) is 14.8.